The van der Waals surface area contributed by atoms with E-state index in [1.165, 1.54) is 6.07 Å². The highest BCUT2D eigenvalue weighted by Gasteiger charge is 2.34. The lowest BCUT2D eigenvalue weighted by atomic mass is 10.2. The third-order valence-electron chi connectivity index (χ3n) is 2.68. The number of nitrogens with one attached hydrogen (secondary N) is 2. The van der Waals surface area contributed by atoms with Crippen molar-refractivity contribution >= 4 is 38.1 Å². The number of amides is 1. The first-order valence-corrected chi connectivity index (χ1v) is 8.76. The van der Waals surface area contributed by atoms with E-state index in [1.54, 1.807) is 6.92 Å². The fourth-order valence-electron chi connectivity index (χ4n) is 1.58. The summed E-state index contributed by atoms with van der Waals surface area (Å²) >= 11 is 0.530. The van der Waals surface area contributed by atoms with Gasteiger partial charge in [0.1, 0.15) is 0 Å². The third-order valence-corrected chi connectivity index (χ3v) is 5.25. The number of hydrogen-bond donors (Lipinski definition) is 2. The van der Waals surface area contributed by atoms with Crippen molar-refractivity contribution in [1.29, 1.82) is 0 Å². The van der Waals surface area contributed by atoms with Crippen LogP contribution in [0.1, 0.15) is 18.9 Å². The molecule has 0 aliphatic rings. The Labute approximate surface area is 139 Å². The minimum absolute atomic E-state index is 0.0636. The van der Waals surface area contributed by atoms with Crippen molar-refractivity contribution < 1.29 is 26.4 Å². The molecule has 130 valence electrons. The molecule has 2 N–H and O–H groups in total. The first kappa shape index (κ1) is 18.1. The Morgan fingerprint density at radius 3 is 2.54 bits per heavy atom. The van der Waals surface area contributed by atoms with Crippen LogP contribution in [0, 0.1) is 0 Å². The number of anilines is 2. The van der Waals surface area contributed by atoms with Crippen LogP contribution in [0.25, 0.3) is 0 Å². The van der Waals surface area contributed by atoms with Crippen molar-refractivity contribution in [3.05, 3.63) is 29.8 Å². The molecule has 24 heavy (non-hydrogen) atoms. The molecule has 0 atom stereocenters. The number of halogens is 3. The summed E-state index contributed by atoms with van der Waals surface area (Å²) in [5.74, 6) is -0.398. The van der Waals surface area contributed by atoms with E-state index in [0.717, 1.165) is 18.2 Å². The highest BCUT2D eigenvalue weighted by Crippen LogP contribution is 2.35. The highest BCUT2D eigenvalue weighted by atomic mass is 32.2. The second kappa shape index (κ2) is 6.73. The highest BCUT2D eigenvalue weighted by molar-refractivity contribution is 7.94. The predicted octanol–water partition coefficient (Wildman–Crippen LogP) is 2.71. The van der Waals surface area contributed by atoms with Gasteiger partial charge in [-0.15, -0.1) is 10.2 Å². The van der Waals surface area contributed by atoms with Crippen LogP contribution in [-0.2, 0) is 21.0 Å². The van der Waals surface area contributed by atoms with Crippen molar-refractivity contribution in [2.24, 2.45) is 0 Å². The van der Waals surface area contributed by atoms with Crippen LogP contribution in [-0.4, -0.2) is 24.5 Å². The first-order chi connectivity index (χ1) is 11.1. The molecule has 0 saturated heterocycles. The monoisotopic (exact) mass is 380 g/mol. The minimum atomic E-state index is -4.72. The molecule has 0 aliphatic heterocycles. The number of carbonyl (C=O) groups is 1. The van der Waals surface area contributed by atoms with Gasteiger partial charge in [-0.05, 0) is 12.1 Å². The van der Waals surface area contributed by atoms with Crippen molar-refractivity contribution in [3.63, 3.8) is 0 Å². The van der Waals surface area contributed by atoms with E-state index >= 15 is 0 Å². The topological polar surface area (TPSA) is 101 Å². The van der Waals surface area contributed by atoms with Crippen molar-refractivity contribution in [2.75, 3.05) is 10.0 Å². The van der Waals surface area contributed by atoms with Crippen molar-refractivity contribution in [3.8, 4) is 0 Å². The van der Waals surface area contributed by atoms with Gasteiger partial charge in [0, 0.05) is 6.42 Å². The zero-order valence-corrected chi connectivity index (χ0v) is 13.7. The fourth-order valence-corrected chi connectivity index (χ4v) is 3.58. The summed E-state index contributed by atoms with van der Waals surface area (Å²) < 4.78 is 64.3. The van der Waals surface area contributed by atoms with Crippen LogP contribution in [0.15, 0.2) is 28.6 Å². The maximum atomic E-state index is 12.9. The lowest BCUT2D eigenvalue weighted by Crippen LogP contribution is -2.17. The lowest BCUT2D eigenvalue weighted by molar-refractivity contribution is -0.136. The molecular formula is C12H11F3N4O3S2. The van der Waals surface area contributed by atoms with Crippen molar-refractivity contribution in [2.45, 2.75) is 23.9 Å². The average Bonchev–Trinajstić information content (AvgIpc) is 2.95. The Hall–Kier alpha value is -2.21. The molecule has 1 aromatic heterocycles. The van der Waals surface area contributed by atoms with Gasteiger partial charge in [-0.3, -0.25) is 9.52 Å². The van der Waals surface area contributed by atoms with Gasteiger partial charge < -0.3 is 5.32 Å². The minimum Gasteiger partial charge on any atom is -0.301 e. The molecule has 7 nitrogen and oxygen atoms in total. The van der Waals surface area contributed by atoms with Crippen molar-refractivity contribution in [1.82, 2.24) is 10.2 Å². The number of benzene rings is 1. The number of rotatable bonds is 5. The quantitative estimate of drug-likeness (QED) is 0.777. The summed E-state index contributed by atoms with van der Waals surface area (Å²) in [6.45, 7) is 1.59. The van der Waals surface area contributed by atoms with Crippen LogP contribution in [0.4, 0.5) is 24.0 Å². The maximum absolute atomic E-state index is 12.9. The number of sulfonamides is 1. The van der Waals surface area contributed by atoms with E-state index in [9.17, 15) is 26.4 Å². The smallest absolute Gasteiger partial charge is 0.301 e. The number of hydrogen-bond acceptors (Lipinski definition) is 6. The second-order valence-corrected chi connectivity index (χ2v) is 7.26. The maximum Gasteiger partial charge on any atom is 0.418 e. The van der Waals surface area contributed by atoms with Gasteiger partial charge in [0.2, 0.25) is 11.0 Å². The van der Waals surface area contributed by atoms with Gasteiger partial charge in [-0.1, -0.05) is 30.4 Å². The zero-order valence-electron chi connectivity index (χ0n) is 12.1. The fraction of sp³-hybridized carbons (Fsp3) is 0.250. The van der Waals surface area contributed by atoms with Crippen LogP contribution >= 0.6 is 11.3 Å². The molecule has 1 amide bonds. The molecule has 1 aromatic carbocycles. The molecule has 2 rings (SSSR count). The molecule has 0 saturated carbocycles. The summed E-state index contributed by atoms with van der Waals surface area (Å²) in [6.07, 6.45) is -4.57. The van der Waals surface area contributed by atoms with Gasteiger partial charge in [-0.2, -0.15) is 21.6 Å². The second-order valence-electron chi connectivity index (χ2n) is 4.42. The van der Waals surface area contributed by atoms with Crippen LogP contribution in [0.5, 0.6) is 0 Å². The van der Waals surface area contributed by atoms with E-state index < -0.39 is 37.7 Å². The Morgan fingerprint density at radius 1 is 1.25 bits per heavy atom. The molecule has 0 aliphatic carbocycles. The molecule has 0 unspecified atom stereocenters. The largest absolute Gasteiger partial charge is 0.418 e. The normalized spacial score (nSPS) is 12.0. The summed E-state index contributed by atoms with van der Waals surface area (Å²) in [7, 11) is -4.37. The average molecular weight is 380 g/mol. The molecule has 2 aromatic rings. The Bertz CT molecular complexity index is 849. The summed E-state index contributed by atoms with van der Waals surface area (Å²) in [5, 5.41) is 9.12. The number of para-hydroxylation sites is 1. The summed E-state index contributed by atoms with van der Waals surface area (Å²) in [5.41, 5.74) is -1.75. The molecule has 0 radical (unpaired) electrons. The SMILES string of the molecule is CCC(=O)Nc1nnc(S(=O)(=O)Nc2ccccc2C(F)(F)F)s1. The van der Waals surface area contributed by atoms with Gasteiger partial charge in [0.05, 0.1) is 11.3 Å². The van der Waals surface area contributed by atoms with E-state index in [4.69, 9.17) is 0 Å². The zero-order chi connectivity index (χ0) is 18.0. The number of alkyl halides is 3. The van der Waals surface area contributed by atoms with Gasteiger partial charge in [-0.25, -0.2) is 0 Å². The van der Waals surface area contributed by atoms with Crippen LogP contribution < -0.4 is 10.0 Å². The Kier molecular flexibility index (Phi) is 5.08. The van der Waals surface area contributed by atoms with Crippen LogP contribution in [0.2, 0.25) is 0 Å². The number of nitrogens with zero attached hydrogens (tertiary/aromatic N) is 2. The van der Waals surface area contributed by atoms with Crippen LogP contribution in [0.3, 0.4) is 0 Å². The first-order valence-electron chi connectivity index (χ1n) is 6.46. The van der Waals surface area contributed by atoms with E-state index in [-0.39, 0.29) is 11.6 Å². The summed E-state index contributed by atoms with van der Waals surface area (Å²) in [4.78, 5) is 11.2. The third kappa shape index (κ3) is 4.20. The molecule has 12 heteroatoms. The number of aromatic nitrogens is 2. The Balaban J connectivity index is 2.29. The van der Waals surface area contributed by atoms with E-state index in [0.29, 0.717) is 11.3 Å². The van der Waals surface area contributed by atoms with E-state index in [1.807, 2.05) is 4.72 Å². The lowest BCUT2D eigenvalue weighted by Gasteiger charge is -2.13. The molecular weight excluding hydrogens is 369 g/mol. The number of carbonyl (C=O) groups excluding carboxylic acids is 1. The van der Waals surface area contributed by atoms with E-state index in [2.05, 4.69) is 15.5 Å². The van der Waals surface area contributed by atoms with Gasteiger partial charge in [0.25, 0.3) is 14.4 Å². The molecule has 0 spiro atoms. The standard InChI is InChI=1S/C12H11F3N4O3S2/c1-2-9(20)16-10-17-18-11(23-10)24(21,22)19-8-6-4-3-5-7(8)12(13,14)15/h3-6,19H,2H2,1H3,(H,16,17,20). The van der Waals surface area contributed by atoms with Gasteiger partial charge in [0.15, 0.2) is 0 Å². The summed E-state index contributed by atoms with van der Waals surface area (Å²) in [6, 6.07) is 4.15. The predicted molar refractivity (Wildman–Crippen MR) is 81.1 cm³/mol. The van der Waals surface area contributed by atoms with Gasteiger partial charge >= 0.3 is 6.18 Å². The molecule has 0 fully saturated rings. The molecule has 0 bridgehead atoms. The Morgan fingerprint density at radius 2 is 1.92 bits per heavy atom. The molecule has 1 heterocycles.